The Bertz CT molecular complexity index is 1420. The number of methoxy groups -OCH3 is 1. The lowest BCUT2D eigenvalue weighted by Gasteiger charge is -2.34. The summed E-state index contributed by atoms with van der Waals surface area (Å²) in [6.45, 7) is 4.50. The highest BCUT2D eigenvalue weighted by molar-refractivity contribution is 6.07. The third-order valence-electron chi connectivity index (χ3n) is 6.85. The average Bonchev–Trinajstić information content (AvgIpc) is 3.28. The molecule has 0 atom stereocenters. The summed E-state index contributed by atoms with van der Waals surface area (Å²) in [6.07, 6.45) is -0.177. The van der Waals surface area contributed by atoms with Gasteiger partial charge in [-0.25, -0.2) is 4.68 Å². The number of rotatable bonds is 5. The van der Waals surface area contributed by atoms with Gasteiger partial charge in [0.2, 0.25) is 6.29 Å². The molecule has 6 rings (SSSR count). The Kier molecular flexibility index (Phi) is 5.59. The molecule has 1 amide bonds. The maximum Gasteiger partial charge on any atom is 0.277 e. The molecule has 0 spiro atoms. The van der Waals surface area contributed by atoms with Crippen molar-refractivity contribution < 1.29 is 19.0 Å². The molecule has 0 saturated carbocycles. The van der Waals surface area contributed by atoms with E-state index in [1.807, 2.05) is 60.4 Å². The molecule has 1 saturated heterocycles. The van der Waals surface area contributed by atoms with Crippen molar-refractivity contribution in [1.82, 2.24) is 9.78 Å². The SMILES string of the molecule is COc1ccc(-n2nc(C3OC(C)O3)c3c2C(=O)N(c2ccc(-c4ccccc4C)cc2)CC3)cc1. The molecule has 2 aliphatic rings. The van der Waals surface area contributed by atoms with E-state index in [1.54, 1.807) is 11.8 Å². The number of anilines is 1. The number of ether oxygens (including phenoxy) is 3. The predicted molar refractivity (Wildman–Crippen MR) is 136 cm³/mol. The van der Waals surface area contributed by atoms with E-state index < -0.39 is 6.29 Å². The Morgan fingerprint density at radius 3 is 2.31 bits per heavy atom. The van der Waals surface area contributed by atoms with Crippen LogP contribution in [-0.2, 0) is 15.9 Å². The van der Waals surface area contributed by atoms with Crippen LogP contribution < -0.4 is 9.64 Å². The molecule has 0 aliphatic carbocycles. The molecule has 0 bridgehead atoms. The van der Waals surface area contributed by atoms with Crippen LogP contribution >= 0.6 is 0 Å². The van der Waals surface area contributed by atoms with Crippen molar-refractivity contribution in [2.45, 2.75) is 32.8 Å². The first-order chi connectivity index (χ1) is 17.5. The fraction of sp³-hybridized carbons (Fsp3) is 0.241. The summed E-state index contributed by atoms with van der Waals surface area (Å²) in [5, 5.41) is 4.79. The minimum Gasteiger partial charge on any atom is -0.497 e. The number of hydrogen-bond acceptors (Lipinski definition) is 5. The van der Waals surface area contributed by atoms with E-state index >= 15 is 0 Å². The highest BCUT2D eigenvalue weighted by atomic mass is 16.9. The van der Waals surface area contributed by atoms with Gasteiger partial charge >= 0.3 is 0 Å². The standard InChI is InChI=1S/C29H27N3O4/c1-18-6-4-5-7-24(18)20-8-10-21(11-9-20)31-17-16-25-26(29-35-19(2)36-29)30-32(27(25)28(31)33)22-12-14-23(34-3)15-13-22/h4-15,19,29H,16-17H2,1-3H3. The number of hydrogen-bond donors (Lipinski definition) is 0. The minimum atomic E-state index is -0.555. The molecule has 0 radical (unpaired) electrons. The van der Waals surface area contributed by atoms with Crippen molar-refractivity contribution in [2.75, 3.05) is 18.6 Å². The largest absolute Gasteiger partial charge is 0.497 e. The molecule has 7 heteroatoms. The zero-order valence-corrected chi connectivity index (χ0v) is 20.5. The normalized spacial score (nSPS) is 19.1. The first-order valence-electron chi connectivity index (χ1n) is 12.1. The molecule has 2 aliphatic heterocycles. The van der Waals surface area contributed by atoms with Gasteiger partial charge in [-0.05, 0) is 73.4 Å². The highest BCUT2D eigenvalue weighted by Gasteiger charge is 2.39. The number of nitrogens with zero attached hydrogens (tertiary/aromatic N) is 3. The molecule has 182 valence electrons. The van der Waals surface area contributed by atoms with Gasteiger partial charge in [-0.1, -0.05) is 36.4 Å². The van der Waals surface area contributed by atoms with Crippen molar-refractivity contribution in [1.29, 1.82) is 0 Å². The number of fused-ring (bicyclic) bond motifs is 1. The van der Waals surface area contributed by atoms with Gasteiger partial charge in [-0.15, -0.1) is 0 Å². The molecule has 36 heavy (non-hydrogen) atoms. The summed E-state index contributed by atoms with van der Waals surface area (Å²) in [5.41, 5.74) is 7.25. The van der Waals surface area contributed by atoms with Crippen molar-refractivity contribution in [2.24, 2.45) is 0 Å². The van der Waals surface area contributed by atoms with Gasteiger partial charge in [0.1, 0.15) is 17.1 Å². The van der Waals surface area contributed by atoms with Crippen molar-refractivity contribution in [3.8, 4) is 22.6 Å². The smallest absolute Gasteiger partial charge is 0.277 e. The lowest BCUT2D eigenvalue weighted by atomic mass is 9.99. The second kappa shape index (κ2) is 8.93. The minimum absolute atomic E-state index is 0.0955. The molecule has 0 unspecified atom stereocenters. The molecule has 4 aromatic rings. The van der Waals surface area contributed by atoms with E-state index in [0.29, 0.717) is 24.4 Å². The van der Waals surface area contributed by atoms with E-state index in [4.69, 9.17) is 19.3 Å². The van der Waals surface area contributed by atoms with E-state index in [9.17, 15) is 4.79 Å². The number of carbonyl (C=O) groups is 1. The van der Waals surface area contributed by atoms with Gasteiger partial charge in [-0.3, -0.25) is 4.79 Å². The second-order valence-electron chi connectivity index (χ2n) is 9.06. The summed E-state index contributed by atoms with van der Waals surface area (Å²) in [4.78, 5) is 15.7. The number of amides is 1. The van der Waals surface area contributed by atoms with Gasteiger partial charge < -0.3 is 19.1 Å². The van der Waals surface area contributed by atoms with E-state index in [-0.39, 0.29) is 12.2 Å². The van der Waals surface area contributed by atoms with Gasteiger partial charge in [0.05, 0.1) is 12.8 Å². The van der Waals surface area contributed by atoms with Crippen LogP contribution in [0.4, 0.5) is 5.69 Å². The summed E-state index contributed by atoms with van der Waals surface area (Å²) in [5.74, 6) is 0.642. The maximum atomic E-state index is 13.9. The summed E-state index contributed by atoms with van der Waals surface area (Å²) >= 11 is 0. The van der Waals surface area contributed by atoms with Gasteiger partial charge in [0.25, 0.3) is 5.91 Å². The van der Waals surface area contributed by atoms with E-state index in [1.165, 1.54) is 11.1 Å². The molecule has 0 N–H and O–H groups in total. The average molecular weight is 482 g/mol. The van der Waals surface area contributed by atoms with Gasteiger partial charge in [0.15, 0.2) is 6.29 Å². The zero-order chi connectivity index (χ0) is 24.8. The predicted octanol–water partition coefficient (Wildman–Crippen LogP) is 5.45. The van der Waals surface area contributed by atoms with Gasteiger partial charge in [0, 0.05) is 17.8 Å². The van der Waals surface area contributed by atoms with Crippen LogP contribution in [0.2, 0.25) is 0 Å². The fourth-order valence-electron chi connectivity index (χ4n) is 4.94. The summed E-state index contributed by atoms with van der Waals surface area (Å²) in [6, 6.07) is 24.0. The van der Waals surface area contributed by atoms with Crippen LogP contribution in [0.25, 0.3) is 16.8 Å². The number of aryl methyl sites for hydroxylation is 1. The van der Waals surface area contributed by atoms with Crippen molar-refractivity contribution in [3.05, 3.63) is 95.3 Å². The van der Waals surface area contributed by atoms with Crippen molar-refractivity contribution >= 4 is 11.6 Å². The highest BCUT2D eigenvalue weighted by Crippen LogP contribution is 2.38. The molecule has 3 heterocycles. The quantitative estimate of drug-likeness (QED) is 0.379. The number of aromatic nitrogens is 2. The summed E-state index contributed by atoms with van der Waals surface area (Å²) in [7, 11) is 1.63. The van der Waals surface area contributed by atoms with Crippen LogP contribution in [0.5, 0.6) is 5.75 Å². The third-order valence-corrected chi connectivity index (χ3v) is 6.85. The van der Waals surface area contributed by atoms with Crippen LogP contribution in [0.1, 0.15) is 40.5 Å². The van der Waals surface area contributed by atoms with Crippen LogP contribution in [-0.4, -0.2) is 35.6 Å². The molecule has 1 aromatic heterocycles. The molecule has 3 aromatic carbocycles. The third kappa shape index (κ3) is 3.77. The molecular weight excluding hydrogens is 454 g/mol. The lowest BCUT2D eigenvalue weighted by Crippen LogP contribution is -2.39. The summed E-state index contributed by atoms with van der Waals surface area (Å²) < 4.78 is 18.5. The molecular formula is C29H27N3O4. The topological polar surface area (TPSA) is 65.8 Å². The Morgan fingerprint density at radius 2 is 1.64 bits per heavy atom. The second-order valence-corrected chi connectivity index (χ2v) is 9.06. The monoisotopic (exact) mass is 481 g/mol. The first-order valence-corrected chi connectivity index (χ1v) is 12.1. The zero-order valence-electron chi connectivity index (χ0n) is 20.5. The van der Waals surface area contributed by atoms with Crippen LogP contribution in [0, 0.1) is 6.92 Å². The number of benzene rings is 3. The number of carbonyl (C=O) groups excluding carboxylic acids is 1. The van der Waals surface area contributed by atoms with Crippen LogP contribution in [0.3, 0.4) is 0 Å². The van der Waals surface area contributed by atoms with Gasteiger partial charge in [-0.2, -0.15) is 5.10 Å². The Hall–Kier alpha value is -3.94. The lowest BCUT2D eigenvalue weighted by molar-refractivity contribution is -0.384. The van der Waals surface area contributed by atoms with Crippen molar-refractivity contribution in [3.63, 3.8) is 0 Å². The Balaban J connectivity index is 1.37. The van der Waals surface area contributed by atoms with E-state index in [0.717, 1.165) is 28.3 Å². The molecule has 1 fully saturated rings. The van der Waals surface area contributed by atoms with E-state index in [2.05, 4.69) is 31.2 Å². The molecule has 7 nitrogen and oxygen atoms in total. The first kappa shape index (κ1) is 22.5. The fourth-order valence-corrected chi connectivity index (χ4v) is 4.94. The Labute approximate surface area is 209 Å². The Morgan fingerprint density at radius 1 is 0.944 bits per heavy atom. The maximum absolute atomic E-state index is 13.9. The van der Waals surface area contributed by atoms with Crippen LogP contribution in [0.15, 0.2) is 72.8 Å².